The Bertz CT molecular complexity index is 728. The second kappa shape index (κ2) is 5.31. The second-order valence-corrected chi connectivity index (χ2v) is 11.9. The predicted molar refractivity (Wildman–Crippen MR) is 98.6 cm³/mol. The lowest BCUT2D eigenvalue weighted by atomic mass is 9.65. The molecule has 0 radical (unpaired) electrons. The molecule has 1 aliphatic carbocycles. The molecule has 2 bridgehead atoms. The van der Waals surface area contributed by atoms with Crippen molar-refractivity contribution in [1.29, 1.82) is 0 Å². The zero-order chi connectivity index (χ0) is 18.0. The Balaban J connectivity index is 1.92. The molecule has 2 aliphatic rings. The minimum absolute atomic E-state index is 0.0317. The monoisotopic (exact) mass is 349 g/mol. The SMILES string of the molecule is CC1(C)C[C@@H]2C[C@@](C)(CN2S(=O)(=O)c2ccc(C(C)(C)C)cc2)C1. The summed E-state index contributed by atoms with van der Waals surface area (Å²) in [7, 11) is -3.41. The quantitative estimate of drug-likeness (QED) is 0.784. The van der Waals surface area contributed by atoms with Gasteiger partial charge in [-0.05, 0) is 53.2 Å². The number of benzene rings is 1. The van der Waals surface area contributed by atoms with Crippen molar-refractivity contribution >= 4 is 10.0 Å². The highest BCUT2D eigenvalue weighted by molar-refractivity contribution is 7.89. The third-order valence-electron chi connectivity index (χ3n) is 5.69. The standard InChI is InChI=1S/C20H31NO2S/c1-18(2,3)15-7-9-17(10-8-15)24(22,23)21-14-20(6)12-16(21)11-19(4,5)13-20/h7-10,16H,11-14H2,1-6H3/t16-,20-/m1/s1. The van der Waals surface area contributed by atoms with Crippen molar-refractivity contribution in [3.05, 3.63) is 29.8 Å². The van der Waals surface area contributed by atoms with Crippen molar-refractivity contribution in [1.82, 2.24) is 4.31 Å². The van der Waals surface area contributed by atoms with E-state index in [2.05, 4.69) is 41.5 Å². The van der Waals surface area contributed by atoms with Gasteiger partial charge in [0.25, 0.3) is 0 Å². The highest BCUT2D eigenvalue weighted by Crippen LogP contribution is 2.53. The zero-order valence-corrected chi connectivity index (χ0v) is 16.7. The molecule has 1 aromatic rings. The van der Waals surface area contributed by atoms with Gasteiger partial charge in [-0.1, -0.05) is 53.7 Å². The van der Waals surface area contributed by atoms with Gasteiger partial charge in [0.05, 0.1) is 4.90 Å². The van der Waals surface area contributed by atoms with E-state index < -0.39 is 10.0 Å². The molecule has 3 rings (SSSR count). The molecule has 1 aromatic carbocycles. The Morgan fingerprint density at radius 3 is 2.17 bits per heavy atom. The average Bonchev–Trinajstić information content (AvgIpc) is 2.67. The van der Waals surface area contributed by atoms with E-state index in [1.54, 1.807) is 16.4 Å². The molecule has 1 saturated carbocycles. The van der Waals surface area contributed by atoms with Gasteiger partial charge in [0, 0.05) is 12.6 Å². The summed E-state index contributed by atoms with van der Waals surface area (Å²) in [4.78, 5) is 0.435. The molecule has 0 spiro atoms. The van der Waals surface area contributed by atoms with Gasteiger partial charge in [-0.15, -0.1) is 0 Å². The lowest BCUT2D eigenvalue weighted by Crippen LogP contribution is -2.37. The van der Waals surface area contributed by atoms with Crippen LogP contribution in [0.1, 0.15) is 66.4 Å². The normalized spacial score (nSPS) is 30.5. The van der Waals surface area contributed by atoms with Crippen LogP contribution in [0.3, 0.4) is 0 Å². The summed E-state index contributed by atoms with van der Waals surface area (Å²) in [6.07, 6.45) is 3.06. The number of nitrogens with zero attached hydrogens (tertiary/aromatic N) is 1. The van der Waals surface area contributed by atoms with Crippen molar-refractivity contribution in [3.63, 3.8) is 0 Å². The number of rotatable bonds is 2. The number of fused-ring (bicyclic) bond motifs is 2. The minimum atomic E-state index is -3.41. The Kier molecular flexibility index (Phi) is 3.97. The second-order valence-electron chi connectivity index (χ2n) is 10.0. The van der Waals surface area contributed by atoms with E-state index in [-0.39, 0.29) is 22.3 Å². The minimum Gasteiger partial charge on any atom is -0.207 e. The summed E-state index contributed by atoms with van der Waals surface area (Å²) in [6, 6.07) is 7.63. The topological polar surface area (TPSA) is 37.4 Å². The maximum atomic E-state index is 13.2. The lowest BCUT2D eigenvalue weighted by molar-refractivity contribution is 0.133. The van der Waals surface area contributed by atoms with Gasteiger partial charge < -0.3 is 0 Å². The van der Waals surface area contributed by atoms with Crippen LogP contribution in [0.2, 0.25) is 0 Å². The van der Waals surface area contributed by atoms with Crippen molar-refractivity contribution in [2.75, 3.05) is 6.54 Å². The van der Waals surface area contributed by atoms with Crippen LogP contribution in [-0.4, -0.2) is 25.3 Å². The van der Waals surface area contributed by atoms with Crippen molar-refractivity contribution in [3.8, 4) is 0 Å². The highest BCUT2D eigenvalue weighted by Gasteiger charge is 2.53. The Hall–Kier alpha value is -0.870. The van der Waals surface area contributed by atoms with Crippen LogP contribution in [0.15, 0.2) is 29.2 Å². The molecule has 24 heavy (non-hydrogen) atoms. The fraction of sp³-hybridized carbons (Fsp3) is 0.700. The average molecular weight is 350 g/mol. The maximum absolute atomic E-state index is 13.2. The van der Waals surface area contributed by atoms with Crippen LogP contribution in [0.25, 0.3) is 0 Å². The molecule has 1 saturated heterocycles. The van der Waals surface area contributed by atoms with E-state index in [1.165, 1.54) is 0 Å². The summed E-state index contributed by atoms with van der Waals surface area (Å²) >= 11 is 0. The molecule has 0 unspecified atom stereocenters. The fourth-order valence-corrected chi connectivity index (χ4v) is 6.73. The van der Waals surface area contributed by atoms with Gasteiger partial charge in [0.15, 0.2) is 0 Å². The molecule has 4 heteroatoms. The van der Waals surface area contributed by atoms with Crippen LogP contribution in [0.5, 0.6) is 0 Å². The molecule has 134 valence electrons. The van der Waals surface area contributed by atoms with Gasteiger partial charge in [-0.2, -0.15) is 4.31 Å². The van der Waals surface area contributed by atoms with E-state index in [9.17, 15) is 8.42 Å². The van der Waals surface area contributed by atoms with Crippen molar-refractivity contribution in [2.24, 2.45) is 10.8 Å². The van der Waals surface area contributed by atoms with Crippen LogP contribution in [0, 0.1) is 10.8 Å². The van der Waals surface area contributed by atoms with Crippen LogP contribution >= 0.6 is 0 Å². The van der Waals surface area contributed by atoms with Gasteiger partial charge in [0.2, 0.25) is 10.0 Å². The Morgan fingerprint density at radius 1 is 1.04 bits per heavy atom. The lowest BCUT2D eigenvalue weighted by Gasteiger charge is -2.39. The molecule has 2 fully saturated rings. The molecule has 0 N–H and O–H groups in total. The summed E-state index contributed by atoms with van der Waals surface area (Å²) in [5.74, 6) is 0. The first-order valence-corrected chi connectivity index (χ1v) is 10.4. The first-order chi connectivity index (χ1) is 10.8. The number of hydrogen-bond acceptors (Lipinski definition) is 2. The molecule has 1 aliphatic heterocycles. The smallest absolute Gasteiger partial charge is 0.207 e. The van der Waals surface area contributed by atoms with Gasteiger partial charge >= 0.3 is 0 Å². The van der Waals surface area contributed by atoms with Crippen LogP contribution in [-0.2, 0) is 15.4 Å². The van der Waals surface area contributed by atoms with Gasteiger partial charge in [-0.3, -0.25) is 0 Å². The first-order valence-electron chi connectivity index (χ1n) is 8.95. The highest BCUT2D eigenvalue weighted by atomic mass is 32.2. The van der Waals surface area contributed by atoms with E-state index >= 15 is 0 Å². The third-order valence-corrected chi connectivity index (χ3v) is 7.61. The van der Waals surface area contributed by atoms with Gasteiger partial charge in [-0.25, -0.2) is 8.42 Å². The molecule has 1 heterocycles. The van der Waals surface area contributed by atoms with E-state index in [4.69, 9.17) is 0 Å². The van der Waals surface area contributed by atoms with E-state index in [0.717, 1.165) is 24.8 Å². The van der Waals surface area contributed by atoms with Crippen LogP contribution in [0.4, 0.5) is 0 Å². The first kappa shape index (κ1) is 17.9. The van der Waals surface area contributed by atoms with E-state index in [0.29, 0.717) is 11.4 Å². The Labute approximate surface area is 147 Å². The summed E-state index contributed by atoms with van der Waals surface area (Å²) in [5, 5.41) is 0. The Morgan fingerprint density at radius 2 is 1.62 bits per heavy atom. The summed E-state index contributed by atoms with van der Waals surface area (Å²) in [5.41, 5.74) is 1.53. The zero-order valence-electron chi connectivity index (χ0n) is 15.9. The molecule has 3 nitrogen and oxygen atoms in total. The third kappa shape index (κ3) is 3.15. The van der Waals surface area contributed by atoms with Gasteiger partial charge in [0.1, 0.15) is 0 Å². The summed E-state index contributed by atoms with van der Waals surface area (Å²) in [6.45, 7) is 13.9. The molecule has 0 aromatic heterocycles. The maximum Gasteiger partial charge on any atom is 0.243 e. The fourth-order valence-electron chi connectivity index (χ4n) is 4.95. The molecule has 0 amide bonds. The number of hydrogen-bond donors (Lipinski definition) is 0. The molecular formula is C20H31NO2S. The van der Waals surface area contributed by atoms with Crippen molar-refractivity contribution < 1.29 is 8.42 Å². The summed E-state index contributed by atoms with van der Waals surface area (Å²) < 4.78 is 28.2. The largest absolute Gasteiger partial charge is 0.243 e. The van der Waals surface area contributed by atoms with Crippen LogP contribution < -0.4 is 0 Å². The predicted octanol–water partition coefficient (Wildman–Crippen LogP) is 4.57. The molecular weight excluding hydrogens is 318 g/mol. The number of sulfonamides is 1. The molecule has 2 atom stereocenters. The van der Waals surface area contributed by atoms with Crippen molar-refractivity contribution in [2.45, 2.75) is 77.2 Å². The van der Waals surface area contributed by atoms with E-state index in [1.807, 2.05) is 12.1 Å².